The van der Waals surface area contributed by atoms with E-state index in [9.17, 15) is 9.90 Å². The molecule has 2 saturated carbocycles. The van der Waals surface area contributed by atoms with Crippen LogP contribution in [-0.2, 0) is 9.53 Å². The Bertz CT molecular complexity index is 391. The van der Waals surface area contributed by atoms with Crippen molar-refractivity contribution < 1.29 is 14.6 Å². The van der Waals surface area contributed by atoms with Gasteiger partial charge in [0, 0.05) is 5.41 Å². The van der Waals surface area contributed by atoms with Crippen molar-refractivity contribution in [3.8, 4) is 0 Å². The Labute approximate surface area is 116 Å². The number of hydrogen-bond donors (Lipinski definition) is 1. The molecule has 108 valence electrons. The molecule has 3 nitrogen and oxygen atoms in total. The minimum absolute atomic E-state index is 0.128. The third-order valence-corrected chi connectivity index (χ3v) is 5.96. The highest BCUT2D eigenvalue weighted by Crippen LogP contribution is 2.61. The van der Waals surface area contributed by atoms with Crippen LogP contribution in [0.25, 0.3) is 0 Å². The molecule has 0 radical (unpaired) electrons. The fourth-order valence-electron chi connectivity index (χ4n) is 4.70. The van der Waals surface area contributed by atoms with Gasteiger partial charge in [0.2, 0.25) is 0 Å². The first-order chi connectivity index (χ1) is 8.84. The van der Waals surface area contributed by atoms with Gasteiger partial charge >= 0.3 is 5.97 Å². The van der Waals surface area contributed by atoms with E-state index in [0.717, 1.165) is 38.5 Å². The van der Waals surface area contributed by atoms with Crippen molar-refractivity contribution in [1.29, 1.82) is 0 Å². The quantitative estimate of drug-likeness (QED) is 0.617. The third kappa shape index (κ3) is 1.85. The van der Waals surface area contributed by atoms with E-state index in [1.807, 2.05) is 6.92 Å². The lowest BCUT2D eigenvalue weighted by molar-refractivity contribution is -0.187. The van der Waals surface area contributed by atoms with Crippen molar-refractivity contribution in [2.75, 3.05) is 7.11 Å². The van der Waals surface area contributed by atoms with Crippen LogP contribution in [0.1, 0.15) is 52.4 Å². The van der Waals surface area contributed by atoms with Crippen LogP contribution in [0.4, 0.5) is 0 Å². The lowest BCUT2D eigenvalue weighted by atomic mass is 9.46. The summed E-state index contributed by atoms with van der Waals surface area (Å²) in [6, 6.07) is 0. The van der Waals surface area contributed by atoms with Crippen molar-refractivity contribution in [3.05, 3.63) is 12.7 Å². The molecule has 3 heteroatoms. The number of hydrogen-bond acceptors (Lipinski definition) is 3. The first-order valence-electron chi connectivity index (χ1n) is 7.28. The zero-order valence-corrected chi connectivity index (χ0v) is 12.4. The predicted molar refractivity (Wildman–Crippen MR) is 74.6 cm³/mol. The molecule has 19 heavy (non-hydrogen) atoms. The fourth-order valence-corrected chi connectivity index (χ4v) is 4.70. The summed E-state index contributed by atoms with van der Waals surface area (Å²) < 4.78 is 5.04. The number of rotatable bonds is 2. The van der Waals surface area contributed by atoms with Crippen LogP contribution in [0.15, 0.2) is 12.7 Å². The summed E-state index contributed by atoms with van der Waals surface area (Å²) >= 11 is 0. The molecular formula is C16H26O3. The summed E-state index contributed by atoms with van der Waals surface area (Å²) in [7, 11) is 1.46. The SMILES string of the molecule is C=C[C@]1(O)CCC[C@@H]2[C@](C)(C(=O)OC)CCC[C@]21C. The highest BCUT2D eigenvalue weighted by Gasteiger charge is 2.61. The van der Waals surface area contributed by atoms with Crippen LogP contribution in [0.2, 0.25) is 0 Å². The highest BCUT2D eigenvalue weighted by molar-refractivity contribution is 5.77. The van der Waals surface area contributed by atoms with Crippen molar-refractivity contribution >= 4 is 5.97 Å². The zero-order valence-electron chi connectivity index (χ0n) is 12.4. The van der Waals surface area contributed by atoms with Crippen molar-refractivity contribution in [3.63, 3.8) is 0 Å². The van der Waals surface area contributed by atoms with Crippen LogP contribution in [-0.4, -0.2) is 23.8 Å². The number of esters is 1. The van der Waals surface area contributed by atoms with Crippen molar-refractivity contribution in [2.45, 2.75) is 58.0 Å². The first kappa shape index (κ1) is 14.6. The van der Waals surface area contributed by atoms with E-state index in [1.54, 1.807) is 6.08 Å². The highest BCUT2D eigenvalue weighted by atomic mass is 16.5. The molecule has 0 amide bonds. The second-order valence-electron chi connectivity index (χ2n) is 6.75. The second kappa shape index (κ2) is 4.62. The number of fused-ring (bicyclic) bond motifs is 1. The predicted octanol–water partition coefficient (Wildman–Crippen LogP) is 3.07. The molecule has 0 aromatic rings. The van der Waals surface area contributed by atoms with Gasteiger partial charge in [0.15, 0.2) is 0 Å². The van der Waals surface area contributed by atoms with E-state index in [0.29, 0.717) is 0 Å². The van der Waals surface area contributed by atoms with Gasteiger partial charge in [-0.2, -0.15) is 0 Å². The molecule has 0 bridgehead atoms. The number of carbonyl (C=O) groups excluding carboxylic acids is 1. The zero-order chi connectivity index (χ0) is 14.3. The smallest absolute Gasteiger partial charge is 0.311 e. The van der Waals surface area contributed by atoms with E-state index in [-0.39, 0.29) is 17.3 Å². The molecule has 2 fully saturated rings. The fraction of sp³-hybridized carbons (Fsp3) is 0.812. The van der Waals surface area contributed by atoms with Crippen LogP contribution in [0.5, 0.6) is 0 Å². The summed E-state index contributed by atoms with van der Waals surface area (Å²) in [6.07, 6.45) is 7.13. The Morgan fingerprint density at radius 3 is 2.58 bits per heavy atom. The van der Waals surface area contributed by atoms with Crippen LogP contribution in [0.3, 0.4) is 0 Å². The van der Waals surface area contributed by atoms with Gasteiger partial charge in [-0.15, -0.1) is 6.58 Å². The summed E-state index contributed by atoms with van der Waals surface area (Å²) in [4.78, 5) is 12.3. The summed E-state index contributed by atoms with van der Waals surface area (Å²) in [6.45, 7) is 7.97. The maximum Gasteiger partial charge on any atom is 0.311 e. The molecule has 4 atom stereocenters. The summed E-state index contributed by atoms with van der Waals surface area (Å²) in [5.41, 5.74) is -1.60. The Kier molecular flexibility index (Phi) is 3.54. The molecule has 2 aliphatic rings. The normalized spacial score (nSPS) is 46.2. The monoisotopic (exact) mass is 266 g/mol. The second-order valence-corrected chi connectivity index (χ2v) is 6.75. The average molecular weight is 266 g/mol. The summed E-state index contributed by atoms with van der Waals surface area (Å²) in [5, 5.41) is 11.0. The van der Waals surface area contributed by atoms with Crippen molar-refractivity contribution in [1.82, 2.24) is 0 Å². The first-order valence-corrected chi connectivity index (χ1v) is 7.28. The number of ether oxygens (including phenoxy) is 1. The number of aliphatic hydroxyl groups is 1. The van der Waals surface area contributed by atoms with Gasteiger partial charge in [-0.05, 0) is 44.9 Å². The van der Waals surface area contributed by atoms with E-state index < -0.39 is 11.0 Å². The van der Waals surface area contributed by atoms with E-state index in [2.05, 4.69) is 13.5 Å². The number of carbonyl (C=O) groups is 1. The van der Waals surface area contributed by atoms with Gasteiger partial charge < -0.3 is 9.84 Å². The molecular weight excluding hydrogens is 240 g/mol. The number of methoxy groups -OCH3 is 1. The van der Waals surface area contributed by atoms with E-state index in [1.165, 1.54) is 7.11 Å². The molecule has 0 aromatic carbocycles. The molecule has 0 saturated heterocycles. The molecule has 1 N–H and O–H groups in total. The lowest BCUT2D eigenvalue weighted by Gasteiger charge is -2.59. The average Bonchev–Trinajstić information content (AvgIpc) is 2.40. The largest absolute Gasteiger partial charge is 0.469 e. The van der Waals surface area contributed by atoms with Crippen LogP contribution < -0.4 is 0 Å². The van der Waals surface area contributed by atoms with Gasteiger partial charge in [-0.3, -0.25) is 4.79 Å². The molecule has 0 spiro atoms. The Hall–Kier alpha value is -0.830. The topological polar surface area (TPSA) is 46.5 Å². The van der Waals surface area contributed by atoms with Crippen LogP contribution in [0, 0.1) is 16.7 Å². The van der Waals surface area contributed by atoms with Gasteiger partial charge in [0.25, 0.3) is 0 Å². The van der Waals surface area contributed by atoms with E-state index >= 15 is 0 Å². The molecule has 0 aliphatic heterocycles. The minimum Gasteiger partial charge on any atom is -0.469 e. The minimum atomic E-state index is -0.856. The molecule has 0 aromatic heterocycles. The molecule has 0 unspecified atom stereocenters. The molecule has 2 aliphatic carbocycles. The lowest BCUT2D eigenvalue weighted by Crippen LogP contribution is -2.60. The van der Waals surface area contributed by atoms with Gasteiger partial charge in [0.05, 0.1) is 18.1 Å². The standard InChI is InChI=1S/C16H26O3/c1-5-16(18)11-6-8-12-14(2,13(17)19-4)9-7-10-15(12,16)3/h5,12,18H,1,6-11H2,2-4H3/t12-,14-,15-,16+/m1/s1. The van der Waals surface area contributed by atoms with Gasteiger partial charge in [0.1, 0.15) is 0 Å². The van der Waals surface area contributed by atoms with Crippen LogP contribution >= 0.6 is 0 Å². The summed E-state index contributed by atoms with van der Waals surface area (Å²) in [5.74, 6) is 0.0367. The van der Waals surface area contributed by atoms with Gasteiger partial charge in [-0.1, -0.05) is 19.4 Å². The van der Waals surface area contributed by atoms with Crippen molar-refractivity contribution in [2.24, 2.45) is 16.7 Å². The van der Waals surface area contributed by atoms with E-state index in [4.69, 9.17) is 4.74 Å². The Morgan fingerprint density at radius 1 is 1.32 bits per heavy atom. The Morgan fingerprint density at radius 2 is 2.00 bits per heavy atom. The maximum absolute atomic E-state index is 12.3. The maximum atomic E-state index is 12.3. The molecule has 2 rings (SSSR count). The Balaban J connectivity index is 2.45. The molecule has 0 heterocycles. The van der Waals surface area contributed by atoms with Gasteiger partial charge in [-0.25, -0.2) is 0 Å². The third-order valence-electron chi connectivity index (χ3n) is 5.96.